The first-order valence-electron chi connectivity index (χ1n) is 40.8. The molecule has 0 saturated heterocycles. The van der Waals surface area contributed by atoms with Crippen molar-refractivity contribution in [1.82, 2.24) is 53.9 Å². The predicted octanol–water partition coefficient (Wildman–Crippen LogP) is 6.99. The zero-order valence-corrected chi connectivity index (χ0v) is 69.0. The van der Waals surface area contributed by atoms with Crippen molar-refractivity contribution in [2.45, 2.75) is 104 Å². The molecule has 0 aliphatic carbocycles. The topological polar surface area (TPSA) is 345 Å². The van der Waals surface area contributed by atoms with Crippen molar-refractivity contribution in [3.63, 3.8) is 0 Å². The first-order valence-corrected chi connectivity index (χ1v) is 40.8. The molecule has 0 fully saturated rings. The van der Waals surface area contributed by atoms with E-state index < -0.39 is 136 Å². The van der Waals surface area contributed by atoms with Gasteiger partial charge in [0.05, 0.1) is 32.2 Å². The van der Waals surface area contributed by atoms with Crippen LogP contribution in [0.15, 0.2) is 243 Å². The Balaban J connectivity index is 1.06. The molecule has 0 spiro atoms. The van der Waals surface area contributed by atoms with E-state index in [1.807, 2.05) is 84.9 Å². The molecule has 0 bridgehead atoms. The number of nitrogens with two attached hydrogens (primary N) is 4. The van der Waals surface area contributed by atoms with Crippen LogP contribution in [0.3, 0.4) is 0 Å². The van der Waals surface area contributed by atoms with Gasteiger partial charge in [0, 0.05) is 72.4 Å². The smallest absolute Gasteiger partial charge is 0.243 e. The van der Waals surface area contributed by atoms with Gasteiger partial charge in [-0.15, -0.1) is 0 Å². The van der Waals surface area contributed by atoms with Gasteiger partial charge in [0.15, 0.2) is 0 Å². The Morgan fingerprint density at radius 2 is 0.433 bits per heavy atom. The second kappa shape index (κ2) is 50.1. The maximum absolute atomic E-state index is 15.7. The Labute approximate surface area is 704 Å². The van der Waals surface area contributed by atoms with Gasteiger partial charge in [0.25, 0.3) is 0 Å². The average molecular weight is 1640 g/mol. The Morgan fingerprint density at radius 3 is 0.667 bits per heavy atom. The molecule has 0 radical (unpaired) electrons. The normalized spacial score (nSPS) is 11.1. The molecule has 8 aromatic carbocycles. The molecule has 27 heteroatoms. The van der Waals surface area contributed by atoms with E-state index in [9.17, 15) is 28.8 Å². The van der Waals surface area contributed by atoms with Crippen LogP contribution in [-0.4, -0.2) is 236 Å². The van der Waals surface area contributed by atoms with Gasteiger partial charge in [-0.2, -0.15) is 0 Å². The van der Waals surface area contributed by atoms with Crippen molar-refractivity contribution in [3.8, 4) is 0 Å². The van der Waals surface area contributed by atoms with E-state index >= 15 is 28.8 Å². The second-order valence-corrected chi connectivity index (χ2v) is 29.8. The van der Waals surface area contributed by atoms with Gasteiger partial charge in [0.2, 0.25) is 70.9 Å². The highest BCUT2D eigenvalue weighted by molar-refractivity contribution is 5.95. The number of rotatable bonds is 50. The van der Waals surface area contributed by atoms with Crippen LogP contribution in [0.4, 0.5) is 0 Å². The third-order valence-corrected chi connectivity index (χ3v) is 20.4. The summed E-state index contributed by atoms with van der Waals surface area (Å²) in [5, 5.41) is 0. The number of carbonyl (C=O) groups is 12. The lowest BCUT2D eigenvalue weighted by molar-refractivity contribution is -0.150. The first kappa shape index (κ1) is 92.8. The van der Waals surface area contributed by atoms with E-state index in [0.29, 0.717) is 66.3 Å². The molecule has 27 nitrogen and oxygen atoms in total. The highest BCUT2D eigenvalue weighted by atomic mass is 16.2. The van der Waals surface area contributed by atoms with Gasteiger partial charge in [0.1, 0.15) is 45.8 Å². The number of primary amides is 1. The maximum atomic E-state index is 15.7. The second-order valence-electron chi connectivity index (χ2n) is 29.8. The Hall–Kier alpha value is -12.7. The molecule has 0 saturated carbocycles. The number of hydrogen-bond donors (Lipinski definition) is 4. The highest BCUT2D eigenvalue weighted by Crippen LogP contribution is 2.23. The zero-order chi connectivity index (χ0) is 86.0. The summed E-state index contributed by atoms with van der Waals surface area (Å²) in [7, 11) is 0. The highest BCUT2D eigenvalue weighted by Gasteiger charge is 2.35. The molecule has 0 aliphatic rings. The number of hydrogen-bond acceptors (Lipinski definition) is 15. The molecule has 120 heavy (non-hydrogen) atoms. The fourth-order valence-corrected chi connectivity index (χ4v) is 13.7. The fourth-order valence-electron chi connectivity index (χ4n) is 13.7. The molecule has 0 aromatic heterocycles. The van der Waals surface area contributed by atoms with Gasteiger partial charge >= 0.3 is 0 Å². The van der Waals surface area contributed by atoms with Crippen molar-refractivity contribution in [1.29, 1.82) is 0 Å². The Bertz CT molecular complexity index is 4550. The maximum Gasteiger partial charge on any atom is 0.243 e. The quantitative estimate of drug-likeness (QED) is 0.0279. The van der Waals surface area contributed by atoms with Crippen LogP contribution in [-0.2, 0) is 103 Å². The zero-order valence-electron chi connectivity index (χ0n) is 69.0. The lowest BCUT2D eigenvalue weighted by Gasteiger charge is -2.35. The molecule has 0 unspecified atom stereocenters. The van der Waals surface area contributed by atoms with Gasteiger partial charge in [-0.25, -0.2) is 0 Å². The molecule has 12 amide bonds. The fraction of sp³-hybridized carbons (Fsp3) is 0.355. The Kier molecular flexibility index (Phi) is 38.8. The third-order valence-electron chi connectivity index (χ3n) is 20.4. The summed E-state index contributed by atoms with van der Waals surface area (Å²) >= 11 is 0. The molecule has 0 aliphatic heterocycles. The van der Waals surface area contributed by atoms with Crippen molar-refractivity contribution < 1.29 is 57.5 Å². The molecule has 634 valence electrons. The lowest BCUT2D eigenvalue weighted by Crippen LogP contribution is -2.53. The van der Waals surface area contributed by atoms with Crippen LogP contribution in [0.1, 0.15) is 103 Å². The lowest BCUT2D eigenvalue weighted by atomic mass is 10.1. The van der Waals surface area contributed by atoms with Gasteiger partial charge in [-0.3, -0.25) is 57.5 Å². The summed E-state index contributed by atoms with van der Waals surface area (Å²) in [4.78, 5) is 192. The summed E-state index contributed by atoms with van der Waals surface area (Å²) in [5.41, 5.74) is 29.2. The molecular weight excluding hydrogens is 1520 g/mol. The number of nitrogens with zero attached hydrogens (tertiary/aromatic N) is 11. The molecule has 0 heterocycles. The first-order chi connectivity index (χ1) is 58.1. The molecular formula is C93H115N15O12. The van der Waals surface area contributed by atoms with Crippen molar-refractivity contribution >= 4 is 70.9 Å². The third kappa shape index (κ3) is 31.6. The molecule has 8 aromatic rings. The van der Waals surface area contributed by atoms with Gasteiger partial charge in [-0.1, -0.05) is 243 Å². The number of carbonyl (C=O) groups excluding carboxylic acids is 12. The molecule has 8 N–H and O–H groups in total. The largest absolute Gasteiger partial charge is 0.368 e. The van der Waals surface area contributed by atoms with E-state index in [1.165, 1.54) is 60.8 Å². The van der Waals surface area contributed by atoms with E-state index in [4.69, 9.17) is 22.9 Å². The van der Waals surface area contributed by atoms with E-state index in [0.717, 1.165) is 16.7 Å². The van der Waals surface area contributed by atoms with E-state index in [2.05, 4.69) is 0 Å². The standard InChI is InChI=1S/C93H115N15O12/c1-73(82-47-25-10-26-48-82)108(93(120)71-107(61-81-45-23-9-24-46-81)88(115)64-99(53-31-28-50-95)84(111)67-103(57-77-37-15-5-16-38-77)89(116)66-101(74(2)109)55-75-33-11-3-12-34-75)72-92(119)100(54-32-29-51-96)65-87(114)106(60-80-43-21-8-22-44-80)70-91(118)104(58-78-39-17-6-18-40-78)68-85(112)98(52-30-27-49-94)63-86(113)105(59-79-41-19-7-20-42-79)69-90(117)102(62-83(97)110)56-76-35-13-4-14-36-76/h3-26,33-48,73H,27-32,49-72,94-96H2,1-2H3,(H2,97,110)/t73-/m0/s1. The van der Waals surface area contributed by atoms with Crippen LogP contribution in [0.5, 0.6) is 0 Å². The van der Waals surface area contributed by atoms with Crippen LogP contribution >= 0.6 is 0 Å². The summed E-state index contributed by atoms with van der Waals surface area (Å²) in [5.74, 6) is -7.22. The van der Waals surface area contributed by atoms with Crippen LogP contribution in [0, 0.1) is 0 Å². The van der Waals surface area contributed by atoms with Crippen molar-refractivity contribution in [2.24, 2.45) is 22.9 Å². The van der Waals surface area contributed by atoms with Gasteiger partial charge in [-0.05, 0) is 110 Å². The minimum Gasteiger partial charge on any atom is -0.368 e. The van der Waals surface area contributed by atoms with Gasteiger partial charge < -0.3 is 76.8 Å². The van der Waals surface area contributed by atoms with Crippen molar-refractivity contribution in [2.75, 3.05) is 111 Å². The average Bonchev–Trinajstić information content (AvgIpc) is 0.826. The number of benzene rings is 8. The van der Waals surface area contributed by atoms with Crippen molar-refractivity contribution in [3.05, 3.63) is 287 Å². The van der Waals surface area contributed by atoms with Crippen LogP contribution in [0.2, 0.25) is 0 Å². The minimum absolute atomic E-state index is 0.00475. The number of amides is 12. The van der Waals surface area contributed by atoms with Crippen LogP contribution < -0.4 is 22.9 Å². The van der Waals surface area contributed by atoms with E-state index in [1.54, 1.807) is 165 Å². The predicted molar refractivity (Wildman–Crippen MR) is 459 cm³/mol. The van der Waals surface area contributed by atoms with Crippen LogP contribution in [0.25, 0.3) is 0 Å². The SMILES string of the molecule is CC(=O)N(CC(=O)N(CC(=O)N(CCCCN)CC(=O)N(CC(=O)N(CC(=O)N(CCCCN)CC(=O)N(CC(=O)N(CC(=O)N(CCCCN)CC(=O)N(CC(=O)N(CC(N)=O)Cc1ccccc1)Cc1ccccc1)Cc1ccccc1)Cc1ccccc1)[C@@H](C)c1ccccc1)Cc1ccccc1)Cc1ccccc1)Cc1ccccc1. The van der Waals surface area contributed by atoms with E-state index in [-0.39, 0.29) is 97.5 Å². The number of unbranched alkanes of at least 4 members (excludes halogenated alkanes) is 3. The molecule has 1 atom stereocenters. The Morgan fingerprint density at radius 1 is 0.242 bits per heavy atom. The minimum atomic E-state index is -0.819. The summed E-state index contributed by atoms with van der Waals surface area (Å²) in [6.45, 7) is -1.90. The molecule has 8 rings (SSSR count). The summed E-state index contributed by atoms with van der Waals surface area (Å²) < 4.78 is 0. The summed E-state index contributed by atoms with van der Waals surface area (Å²) in [6.07, 6.45) is 2.49. The monoisotopic (exact) mass is 1630 g/mol. The summed E-state index contributed by atoms with van der Waals surface area (Å²) in [6, 6.07) is 71.3.